The van der Waals surface area contributed by atoms with Crippen LogP contribution in [0.25, 0.3) is 0 Å². The second-order valence-corrected chi connectivity index (χ2v) is 6.87. The lowest BCUT2D eigenvalue weighted by molar-refractivity contribution is 0.179. The maximum absolute atomic E-state index is 5.20. The fourth-order valence-electron chi connectivity index (χ4n) is 1.96. The average molecular weight is 321 g/mol. The van der Waals surface area contributed by atoms with Gasteiger partial charge in [0.25, 0.3) is 0 Å². The van der Waals surface area contributed by atoms with Gasteiger partial charge in [0, 0.05) is 13.2 Å². The van der Waals surface area contributed by atoms with Crippen molar-refractivity contribution >= 4 is 23.0 Å². The molecule has 0 heterocycles. The van der Waals surface area contributed by atoms with Gasteiger partial charge < -0.3 is 10.1 Å². The Hall–Kier alpha value is -1.46. The zero-order chi connectivity index (χ0) is 16.8. The Labute approximate surface area is 139 Å². The molecule has 1 atom stereocenters. The van der Waals surface area contributed by atoms with E-state index in [2.05, 4.69) is 60.9 Å². The lowest BCUT2D eigenvalue weighted by Gasteiger charge is -2.19. The second-order valence-electron chi connectivity index (χ2n) is 6.47. The van der Waals surface area contributed by atoms with Crippen LogP contribution in [0.5, 0.6) is 0 Å². The molecule has 0 unspecified atom stereocenters. The van der Waals surface area contributed by atoms with E-state index in [4.69, 9.17) is 17.0 Å². The van der Waals surface area contributed by atoms with Crippen molar-refractivity contribution in [2.24, 2.45) is 5.10 Å². The quantitative estimate of drug-likeness (QED) is 0.497. The maximum atomic E-state index is 5.20. The Bertz CT molecular complexity index is 518. The summed E-state index contributed by atoms with van der Waals surface area (Å²) in [5, 5.41) is 7.92. The normalized spacial score (nSPS) is 13.6. The molecular formula is C17H27N3OS. The summed E-state index contributed by atoms with van der Waals surface area (Å²) >= 11 is 5.20. The van der Waals surface area contributed by atoms with Crippen LogP contribution in [0.3, 0.4) is 0 Å². The maximum Gasteiger partial charge on any atom is 0.187 e. The minimum absolute atomic E-state index is 0.145. The molecule has 0 saturated heterocycles. The molecule has 0 bridgehead atoms. The number of hydrazone groups is 1. The van der Waals surface area contributed by atoms with Crippen molar-refractivity contribution in [2.45, 2.75) is 46.1 Å². The Morgan fingerprint density at radius 1 is 1.27 bits per heavy atom. The molecule has 0 aliphatic heterocycles. The van der Waals surface area contributed by atoms with Crippen LogP contribution in [-0.2, 0) is 10.2 Å². The molecule has 0 amide bonds. The van der Waals surface area contributed by atoms with Crippen molar-refractivity contribution in [2.75, 3.05) is 13.7 Å². The van der Waals surface area contributed by atoms with Crippen molar-refractivity contribution in [3.05, 3.63) is 35.4 Å². The third kappa shape index (κ3) is 6.12. The first-order chi connectivity index (χ1) is 10.2. The first-order valence-electron chi connectivity index (χ1n) is 7.44. The van der Waals surface area contributed by atoms with Crippen LogP contribution >= 0.6 is 12.2 Å². The molecule has 0 spiro atoms. The molecule has 1 aromatic rings. The van der Waals surface area contributed by atoms with Gasteiger partial charge in [-0.05, 0) is 42.6 Å². The van der Waals surface area contributed by atoms with Crippen LogP contribution in [0, 0.1) is 0 Å². The fraction of sp³-hybridized carbons (Fsp3) is 0.529. The monoisotopic (exact) mass is 321 g/mol. The molecular weight excluding hydrogens is 294 g/mol. The summed E-state index contributed by atoms with van der Waals surface area (Å²) < 4.78 is 5.05. The van der Waals surface area contributed by atoms with Gasteiger partial charge in [0.2, 0.25) is 0 Å². The molecule has 0 saturated carbocycles. The van der Waals surface area contributed by atoms with Crippen molar-refractivity contribution in [1.82, 2.24) is 10.7 Å². The molecule has 122 valence electrons. The van der Waals surface area contributed by atoms with Gasteiger partial charge in [0.15, 0.2) is 5.11 Å². The summed E-state index contributed by atoms with van der Waals surface area (Å²) in [4.78, 5) is 0. The predicted octanol–water partition coefficient (Wildman–Crippen LogP) is 3.21. The van der Waals surface area contributed by atoms with Crippen LogP contribution in [0.4, 0.5) is 0 Å². The molecule has 0 aliphatic carbocycles. The second kappa shape index (κ2) is 8.25. The van der Waals surface area contributed by atoms with Crippen LogP contribution in [0.15, 0.2) is 29.4 Å². The third-order valence-corrected chi connectivity index (χ3v) is 3.50. The summed E-state index contributed by atoms with van der Waals surface area (Å²) in [6.45, 7) is 11.2. The summed E-state index contributed by atoms with van der Waals surface area (Å²) in [5.74, 6) is 0. The minimum Gasteiger partial charge on any atom is -0.383 e. The number of nitrogens with zero attached hydrogens (tertiary/aromatic N) is 1. The highest BCUT2D eigenvalue weighted by Gasteiger charge is 2.13. The zero-order valence-corrected chi connectivity index (χ0v) is 15.2. The molecule has 22 heavy (non-hydrogen) atoms. The molecule has 0 radical (unpaired) electrons. The number of thiocarbonyl (C=S) groups is 1. The Balaban J connectivity index is 2.63. The Morgan fingerprint density at radius 2 is 1.86 bits per heavy atom. The minimum atomic E-state index is 0.145. The van der Waals surface area contributed by atoms with Gasteiger partial charge in [-0.15, -0.1) is 0 Å². The Kier molecular flexibility index (Phi) is 6.97. The van der Waals surface area contributed by atoms with Gasteiger partial charge in [0.1, 0.15) is 0 Å². The van der Waals surface area contributed by atoms with Gasteiger partial charge in [-0.25, -0.2) is 0 Å². The number of ether oxygens (including phenoxy) is 1. The standard InChI is InChI=1S/C17H27N3OS/c1-12(11-21-6)18-16(22)20-19-13(2)14-7-9-15(10-8-14)17(3,4)5/h7-10,12H,11H2,1-6H3,(H2,18,20,22)/b19-13-/t12-/m1/s1. The highest BCUT2D eigenvalue weighted by atomic mass is 32.1. The van der Waals surface area contributed by atoms with Gasteiger partial charge in [-0.3, -0.25) is 5.43 Å². The zero-order valence-electron chi connectivity index (χ0n) is 14.4. The molecule has 0 aliphatic rings. The largest absolute Gasteiger partial charge is 0.383 e. The topological polar surface area (TPSA) is 45.6 Å². The van der Waals surface area contributed by atoms with E-state index >= 15 is 0 Å². The molecule has 1 rings (SSSR count). The van der Waals surface area contributed by atoms with E-state index in [1.165, 1.54) is 5.56 Å². The number of hydrogen-bond donors (Lipinski definition) is 2. The lowest BCUT2D eigenvalue weighted by atomic mass is 9.86. The number of benzene rings is 1. The number of nitrogens with one attached hydrogen (secondary N) is 2. The number of methoxy groups -OCH3 is 1. The van der Waals surface area contributed by atoms with Gasteiger partial charge in [-0.1, -0.05) is 45.0 Å². The molecule has 2 N–H and O–H groups in total. The van der Waals surface area contributed by atoms with E-state index < -0.39 is 0 Å². The van der Waals surface area contributed by atoms with Crippen LogP contribution in [0.1, 0.15) is 45.7 Å². The third-order valence-electron chi connectivity index (χ3n) is 3.29. The number of hydrogen-bond acceptors (Lipinski definition) is 3. The van der Waals surface area contributed by atoms with E-state index in [-0.39, 0.29) is 11.5 Å². The van der Waals surface area contributed by atoms with Crippen molar-refractivity contribution < 1.29 is 4.74 Å². The smallest absolute Gasteiger partial charge is 0.187 e. The summed E-state index contributed by atoms with van der Waals surface area (Å²) in [6, 6.07) is 8.61. The van der Waals surface area contributed by atoms with Crippen molar-refractivity contribution in [3.8, 4) is 0 Å². The molecule has 0 aromatic heterocycles. The lowest BCUT2D eigenvalue weighted by Crippen LogP contribution is -2.40. The fourth-order valence-corrected chi connectivity index (χ4v) is 2.21. The highest BCUT2D eigenvalue weighted by Crippen LogP contribution is 2.22. The average Bonchev–Trinajstić information content (AvgIpc) is 2.44. The van der Waals surface area contributed by atoms with Crippen LogP contribution in [0.2, 0.25) is 0 Å². The summed E-state index contributed by atoms with van der Waals surface area (Å²) in [6.07, 6.45) is 0. The van der Waals surface area contributed by atoms with Crippen LogP contribution < -0.4 is 10.7 Å². The van der Waals surface area contributed by atoms with Crippen molar-refractivity contribution in [1.29, 1.82) is 0 Å². The van der Waals surface area contributed by atoms with Crippen LogP contribution in [-0.4, -0.2) is 30.6 Å². The van der Waals surface area contributed by atoms with E-state index in [1.807, 2.05) is 13.8 Å². The van der Waals surface area contributed by atoms with Crippen molar-refractivity contribution in [3.63, 3.8) is 0 Å². The van der Waals surface area contributed by atoms with E-state index in [0.717, 1.165) is 11.3 Å². The van der Waals surface area contributed by atoms with E-state index in [1.54, 1.807) is 7.11 Å². The Morgan fingerprint density at radius 3 is 2.36 bits per heavy atom. The van der Waals surface area contributed by atoms with Gasteiger partial charge in [0.05, 0.1) is 12.3 Å². The number of rotatable bonds is 5. The first kappa shape index (κ1) is 18.6. The highest BCUT2D eigenvalue weighted by molar-refractivity contribution is 7.80. The summed E-state index contributed by atoms with van der Waals surface area (Å²) in [7, 11) is 1.66. The summed E-state index contributed by atoms with van der Waals surface area (Å²) in [5.41, 5.74) is 6.30. The van der Waals surface area contributed by atoms with E-state index in [9.17, 15) is 0 Å². The van der Waals surface area contributed by atoms with E-state index in [0.29, 0.717) is 11.7 Å². The molecule has 4 nitrogen and oxygen atoms in total. The first-order valence-corrected chi connectivity index (χ1v) is 7.85. The molecule has 5 heteroatoms. The molecule has 1 aromatic carbocycles. The molecule has 0 fully saturated rings. The van der Waals surface area contributed by atoms with Gasteiger partial charge in [-0.2, -0.15) is 5.10 Å². The predicted molar refractivity (Wildman–Crippen MR) is 97.6 cm³/mol. The van der Waals surface area contributed by atoms with Gasteiger partial charge >= 0.3 is 0 Å². The SMILES string of the molecule is COC[C@@H](C)NC(=S)N/N=C(/C)c1ccc(C(C)(C)C)cc1.